The molecule has 2 heterocycles. The van der Waals surface area contributed by atoms with Crippen LogP contribution < -0.4 is 10.6 Å². The lowest BCUT2D eigenvalue weighted by Gasteiger charge is -2.28. The normalized spacial score (nSPS) is 18.9. The van der Waals surface area contributed by atoms with Gasteiger partial charge in [0, 0.05) is 30.4 Å². The third-order valence-corrected chi connectivity index (χ3v) is 5.54. The van der Waals surface area contributed by atoms with E-state index < -0.39 is 11.6 Å². The topological polar surface area (TPSA) is 88.4 Å². The predicted molar refractivity (Wildman–Crippen MR) is 106 cm³/mol. The second-order valence-corrected chi connectivity index (χ2v) is 7.61. The highest BCUT2D eigenvalue weighted by molar-refractivity contribution is 6.33. The predicted octanol–water partition coefficient (Wildman–Crippen LogP) is 3.59. The molecule has 7 nitrogen and oxygen atoms in total. The average molecular weight is 434 g/mol. The monoisotopic (exact) mass is 433 g/mol. The third-order valence-electron chi connectivity index (χ3n) is 5.22. The molecule has 2 aromatic heterocycles. The van der Waals surface area contributed by atoms with Crippen LogP contribution in [0.5, 0.6) is 0 Å². The number of amides is 2. The first-order valence-corrected chi connectivity index (χ1v) is 9.85. The van der Waals surface area contributed by atoms with Crippen molar-refractivity contribution in [3.8, 4) is 0 Å². The molecule has 10 heteroatoms. The van der Waals surface area contributed by atoms with Gasteiger partial charge in [0.1, 0.15) is 5.56 Å². The van der Waals surface area contributed by atoms with Crippen LogP contribution in [0.2, 0.25) is 5.02 Å². The number of carbonyl (C=O) groups is 2. The molecule has 3 aromatic rings. The molecule has 1 aromatic carbocycles. The number of benzene rings is 1. The number of carbonyl (C=O) groups excluding carboxylic acids is 2. The van der Waals surface area contributed by atoms with Crippen LogP contribution in [0.4, 0.5) is 14.5 Å². The fourth-order valence-electron chi connectivity index (χ4n) is 3.60. The largest absolute Gasteiger partial charge is 0.349 e. The van der Waals surface area contributed by atoms with Crippen LogP contribution in [-0.4, -0.2) is 32.5 Å². The molecule has 0 bridgehead atoms. The Labute approximate surface area is 175 Å². The highest BCUT2D eigenvalue weighted by Crippen LogP contribution is 2.29. The van der Waals surface area contributed by atoms with Crippen molar-refractivity contribution >= 4 is 34.7 Å². The lowest BCUT2D eigenvalue weighted by Crippen LogP contribution is -2.39. The molecule has 0 spiro atoms. The van der Waals surface area contributed by atoms with Crippen molar-refractivity contribution in [3.05, 3.63) is 59.0 Å². The fraction of sp³-hybridized carbons (Fsp3) is 0.300. The van der Waals surface area contributed by atoms with E-state index in [-0.39, 0.29) is 34.5 Å². The van der Waals surface area contributed by atoms with Gasteiger partial charge in [-0.25, -0.2) is 18.3 Å². The quantitative estimate of drug-likeness (QED) is 0.615. The Morgan fingerprint density at radius 1 is 1.13 bits per heavy atom. The van der Waals surface area contributed by atoms with Crippen molar-refractivity contribution in [2.75, 3.05) is 5.32 Å². The standard InChI is InChI=1S/C20H18ClF2N5O2/c21-14-8-15(22)16(23)9-17(14)27-19(29)11-2-4-12(5-3-11)26-20(30)13-10-25-28-7-1-6-24-18(13)28/h1,6-12H,2-5H2,(H,26,30)(H,27,29)/t11-,12-. The Morgan fingerprint density at radius 3 is 2.63 bits per heavy atom. The highest BCUT2D eigenvalue weighted by atomic mass is 35.5. The fourth-order valence-corrected chi connectivity index (χ4v) is 3.80. The number of nitrogens with zero attached hydrogens (tertiary/aromatic N) is 3. The van der Waals surface area contributed by atoms with Gasteiger partial charge in [-0.2, -0.15) is 5.10 Å². The smallest absolute Gasteiger partial charge is 0.256 e. The van der Waals surface area contributed by atoms with Crippen molar-refractivity contribution in [2.24, 2.45) is 5.92 Å². The molecule has 2 amide bonds. The first-order valence-electron chi connectivity index (χ1n) is 9.47. The van der Waals surface area contributed by atoms with Gasteiger partial charge >= 0.3 is 0 Å². The molecule has 2 N–H and O–H groups in total. The van der Waals surface area contributed by atoms with Crippen LogP contribution in [0.15, 0.2) is 36.8 Å². The van der Waals surface area contributed by atoms with Crippen molar-refractivity contribution in [3.63, 3.8) is 0 Å². The minimum absolute atomic E-state index is 0.0385. The number of anilines is 1. The van der Waals surface area contributed by atoms with Gasteiger partial charge in [0.2, 0.25) is 5.91 Å². The van der Waals surface area contributed by atoms with Gasteiger partial charge in [0.15, 0.2) is 17.3 Å². The molecule has 156 valence electrons. The first-order chi connectivity index (χ1) is 14.4. The molecule has 1 fully saturated rings. The maximum absolute atomic E-state index is 13.4. The van der Waals surface area contributed by atoms with Crippen LogP contribution in [0, 0.1) is 17.6 Å². The minimum Gasteiger partial charge on any atom is -0.349 e. The average Bonchev–Trinajstić information content (AvgIpc) is 3.17. The van der Waals surface area contributed by atoms with Crippen molar-refractivity contribution in [1.82, 2.24) is 19.9 Å². The lowest BCUT2D eigenvalue weighted by atomic mass is 9.85. The van der Waals surface area contributed by atoms with Gasteiger partial charge < -0.3 is 10.6 Å². The Morgan fingerprint density at radius 2 is 1.87 bits per heavy atom. The van der Waals surface area contributed by atoms with Gasteiger partial charge in [0.05, 0.1) is 16.9 Å². The van der Waals surface area contributed by atoms with E-state index in [9.17, 15) is 18.4 Å². The van der Waals surface area contributed by atoms with Crippen molar-refractivity contribution in [1.29, 1.82) is 0 Å². The summed E-state index contributed by atoms with van der Waals surface area (Å²) in [6, 6.07) is 3.34. The summed E-state index contributed by atoms with van der Waals surface area (Å²) in [6.45, 7) is 0. The Balaban J connectivity index is 1.33. The maximum atomic E-state index is 13.4. The number of halogens is 3. The van der Waals surface area contributed by atoms with Gasteiger partial charge in [0.25, 0.3) is 5.91 Å². The molecule has 1 saturated carbocycles. The maximum Gasteiger partial charge on any atom is 0.256 e. The first kappa shape index (κ1) is 20.2. The summed E-state index contributed by atoms with van der Waals surface area (Å²) in [6.07, 6.45) is 7.10. The van der Waals surface area contributed by atoms with E-state index in [4.69, 9.17) is 11.6 Å². The zero-order valence-electron chi connectivity index (χ0n) is 15.7. The summed E-state index contributed by atoms with van der Waals surface area (Å²) >= 11 is 5.87. The summed E-state index contributed by atoms with van der Waals surface area (Å²) in [5.41, 5.74) is 0.909. The van der Waals surface area contributed by atoms with Crippen molar-refractivity contribution < 1.29 is 18.4 Å². The lowest BCUT2D eigenvalue weighted by molar-refractivity contribution is -0.120. The van der Waals surface area contributed by atoms with Gasteiger partial charge in [-0.1, -0.05) is 11.6 Å². The molecular formula is C20H18ClF2N5O2. The summed E-state index contributed by atoms with van der Waals surface area (Å²) < 4.78 is 28.1. The molecule has 0 radical (unpaired) electrons. The number of rotatable bonds is 4. The van der Waals surface area contributed by atoms with Crippen molar-refractivity contribution in [2.45, 2.75) is 31.7 Å². The van der Waals surface area contributed by atoms with E-state index in [1.54, 1.807) is 18.5 Å². The zero-order chi connectivity index (χ0) is 21.3. The number of hydrogen-bond acceptors (Lipinski definition) is 4. The van der Waals surface area contributed by atoms with Crippen LogP contribution >= 0.6 is 11.6 Å². The highest BCUT2D eigenvalue weighted by Gasteiger charge is 2.28. The second-order valence-electron chi connectivity index (χ2n) is 7.20. The Kier molecular flexibility index (Phi) is 5.63. The van der Waals surface area contributed by atoms with E-state index >= 15 is 0 Å². The SMILES string of the molecule is O=C(N[C@H]1CC[C@H](C(=O)Nc2cc(F)c(F)cc2Cl)CC1)c1cnn2cccnc12. The third kappa shape index (κ3) is 4.11. The summed E-state index contributed by atoms with van der Waals surface area (Å²) in [7, 11) is 0. The molecular weight excluding hydrogens is 416 g/mol. The number of hydrogen-bond donors (Lipinski definition) is 2. The van der Waals surface area contributed by atoms with E-state index in [1.807, 2.05) is 0 Å². The van der Waals surface area contributed by atoms with E-state index in [0.29, 0.717) is 36.9 Å². The number of fused-ring (bicyclic) bond motifs is 1. The molecule has 0 aliphatic heterocycles. The van der Waals surface area contributed by atoms with Crippen LogP contribution in [0.1, 0.15) is 36.0 Å². The van der Waals surface area contributed by atoms with Gasteiger partial charge in [-0.15, -0.1) is 0 Å². The van der Waals surface area contributed by atoms with E-state index in [0.717, 1.165) is 12.1 Å². The summed E-state index contributed by atoms with van der Waals surface area (Å²) in [5.74, 6) is -3.02. The Bertz CT molecular complexity index is 1110. The molecule has 0 saturated heterocycles. The van der Waals surface area contributed by atoms with Crippen LogP contribution in [-0.2, 0) is 4.79 Å². The zero-order valence-corrected chi connectivity index (χ0v) is 16.5. The number of nitrogens with one attached hydrogen (secondary N) is 2. The summed E-state index contributed by atoms with van der Waals surface area (Å²) in [4.78, 5) is 29.2. The van der Waals surface area contributed by atoms with E-state index in [2.05, 4.69) is 20.7 Å². The molecule has 0 atom stereocenters. The van der Waals surface area contributed by atoms with Crippen LogP contribution in [0.25, 0.3) is 5.65 Å². The molecule has 0 unspecified atom stereocenters. The number of aromatic nitrogens is 3. The minimum atomic E-state index is -1.08. The Hall–Kier alpha value is -3.07. The molecule has 1 aliphatic carbocycles. The van der Waals surface area contributed by atoms with Gasteiger partial charge in [-0.05, 0) is 37.8 Å². The van der Waals surface area contributed by atoms with Gasteiger partial charge in [-0.3, -0.25) is 9.59 Å². The second kappa shape index (κ2) is 8.35. The molecule has 1 aliphatic rings. The van der Waals surface area contributed by atoms with Crippen LogP contribution in [0.3, 0.4) is 0 Å². The summed E-state index contributed by atoms with van der Waals surface area (Å²) in [5, 5.41) is 9.57. The molecule has 30 heavy (non-hydrogen) atoms. The van der Waals surface area contributed by atoms with E-state index in [1.165, 1.54) is 10.7 Å². The molecule has 4 rings (SSSR count).